The molecule has 5 nitrogen and oxygen atoms in total. The number of carbonyl (C=O) groups excluding carboxylic acids is 1. The highest BCUT2D eigenvalue weighted by atomic mass is 32.2. The van der Waals surface area contributed by atoms with Crippen molar-refractivity contribution >= 4 is 23.6 Å². The Morgan fingerprint density at radius 1 is 1.60 bits per heavy atom. The van der Waals surface area contributed by atoms with Crippen LogP contribution < -0.4 is 0 Å². The van der Waals surface area contributed by atoms with Crippen molar-refractivity contribution in [1.82, 2.24) is 4.90 Å². The Bertz CT molecular complexity index is 277. The van der Waals surface area contributed by atoms with E-state index < -0.39 is 12.1 Å². The molecule has 0 spiro atoms. The topological polar surface area (TPSA) is 66.8 Å². The molecule has 0 aromatic rings. The van der Waals surface area contributed by atoms with Crippen LogP contribution in [-0.2, 0) is 14.3 Å². The Labute approximate surface area is 91.8 Å². The second kappa shape index (κ2) is 4.40. The molecule has 2 rings (SSSR count). The van der Waals surface area contributed by atoms with Crippen molar-refractivity contribution in [3.8, 4) is 0 Å². The van der Waals surface area contributed by atoms with E-state index in [0.29, 0.717) is 0 Å². The number of hydrogen-bond acceptors (Lipinski definition) is 4. The van der Waals surface area contributed by atoms with Gasteiger partial charge in [0.25, 0.3) is 0 Å². The van der Waals surface area contributed by atoms with E-state index in [0.717, 1.165) is 17.9 Å². The van der Waals surface area contributed by atoms with Gasteiger partial charge in [-0.2, -0.15) is 11.8 Å². The Morgan fingerprint density at radius 3 is 3.00 bits per heavy atom. The van der Waals surface area contributed by atoms with Crippen molar-refractivity contribution in [3.63, 3.8) is 0 Å². The first kappa shape index (κ1) is 10.8. The number of nitrogens with zero attached hydrogens (tertiary/aromatic N) is 1. The molecule has 2 aliphatic rings. The number of morpholine rings is 1. The van der Waals surface area contributed by atoms with E-state index in [1.165, 1.54) is 0 Å². The third-order valence-electron chi connectivity index (χ3n) is 2.71. The largest absolute Gasteiger partial charge is 0.479 e. The fourth-order valence-corrected chi connectivity index (χ4v) is 3.08. The summed E-state index contributed by atoms with van der Waals surface area (Å²) in [6, 6.07) is 0.202. The van der Waals surface area contributed by atoms with E-state index in [1.807, 2.05) is 0 Å². The molecule has 0 saturated carbocycles. The lowest BCUT2D eigenvalue weighted by atomic mass is 10.1. The number of amides is 1. The van der Waals surface area contributed by atoms with Gasteiger partial charge in [0.1, 0.15) is 6.61 Å². The average molecular weight is 231 g/mol. The van der Waals surface area contributed by atoms with E-state index in [4.69, 9.17) is 9.84 Å². The number of carboxylic acid groups (broad SMARTS) is 1. The van der Waals surface area contributed by atoms with Gasteiger partial charge in [0.05, 0.1) is 6.54 Å². The normalized spacial score (nSPS) is 32.0. The first-order valence-electron chi connectivity index (χ1n) is 4.90. The summed E-state index contributed by atoms with van der Waals surface area (Å²) in [5, 5.41) is 8.82. The Kier molecular flexibility index (Phi) is 3.16. The zero-order valence-electron chi connectivity index (χ0n) is 8.22. The molecule has 0 aliphatic carbocycles. The molecule has 2 unspecified atom stereocenters. The van der Waals surface area contributed by atoms with Gasteiger partial charge < -0.3 is 14.7 Å². The van der Waals surface area contributed by atoms with E-state index in [2.05, 4.69) is 0 Å². The van der Waals surface area contributed by atoms with Gasteiger partial charge in [0, 0.05) is 11.8 Å². The summed E-state index contributed by atoms with van der Waals surface area (Å²) in [5.74, 6) is 0.892. The molecule has 1 N–H and O–H groups in total. The molecule has 0 aromatic carbocycles. The van der Waals surface area contributed by atoms with Crippen LogP contribution in [0.25, 0.3) is 0 Å². The van der Waals surface area contributed by atoms with Crippen LogP contribution in [0.5, 0.6) is 0 Å². The molecule has 2 heterocycles. The second-order valence-electron chi connectivity index (χ2n) is 3.70. The minimum atomic E-state index is -0.988. The lowest BCUT2D eigenvalue weighted by molar-refractivity contribution is -0.166. The maximum absolute atomic E-state index is 11.5. The summed E-state index contributed by atoms with van der Waals surface area (Å²) in [7, 11) is 0. The number of ether oxygens (including phenoxy) is 1. The molecule has 2 aliphatic heterocycles. The van der Waals surface area contributed by atoms with Gasteiger partial charge in [-0.05, 0) is 12.2 Å². The van der Waals surface area contributed by atoms with Gasteiger partial charge in [-0.1, -0.05) is 0 Å². The highest BCUT2D eigenvalue weighted by molar-refractivity contribution is 7.99. The van der Waals surface area contributed by atoms with E-state index >= 15 is 0 Å². The fraction of sp³-hybridized carbons (Fsp3) is 0.778. The SMILES string of the molecule is O=C(O)C1CN(C2CCSC2)C(=O)CO1. The predicted molar refractivity (Wildman–Crippen MR) is 54.8 cm³/mol. The standard InChI is InChI=1S/C9H13NO4S/c11-8-4-14-7(9(12)13)3-10(8)6-1-2-15-5-6/h6-7H,1-5H2,(H,12,13). The van der Waals surface area contributed by atoms with E-state index in [-0.39, 0.29) is 25.1 Å². The predicted octanol–water partition coefficient (Wildman–Crippen LogP) is -0.196. The smallest absolute Gasteiger partial charge is 0.334 e. The Morgan fingerprint density at radius 2 is 2.40 bits per heavy atom. The minimum absolute atomic E-state index is 0.0833. The minimum Gasteiger partial charge on any atom is -0.479 e. The summed E-state index contributed by atoms with van der Waals surface area (Å²) in [6.45, 7) is 0.0948. The average Bonchev–Trinajstić information content (AvgIpc) is 2.71. The Balaban J connectivity index is 2.01. The molecule has 15 heavy (non-hydrogen) atoms. The molecule has 1 amide bonds. The quantitative estimate of drug-likeness (QED) is 0.713. The van der Waals surface area contributed by atoms with Crippen molar-refractivity contribution in [1.29, 1.82) is 0 Å². The van der Waals surface area contributed by atoms with Crippen molar-refractivity contribution in [2.24, 2.45) is 0 Å². The summed E-state index contributed by atoms with van der Waals surface area (Å²) < 4.78 is 4.94. The summed E-state index contributed by atoms with van der Waals surface area (Å²) >= 11 is 1.81. The number of rotatable bonds is 2. The van der Waals surface area contributed by atoms with Crippen LogP contribution in [0.1, 0.15) is 6.42 Å². The number of carboxylic acids is 1. The van der Waals surface area contributed by atoms with Gasteiger partial charge >= 0.3 is 5.97 Å². The zero-order chi connectivity index (χ0) is 10.8. The summed E-state index contributed by atoms with van der Waals surface area (Å²) in [6.07, 6.45) is 0.108. The monoisotopic (exact) mass is 231 g/mol. The van der Waals surface area contributed by atoms with Gasteiger partial charge in [-0.15, -0.1) is 0 Å². The van der Waals surface area contributed by atoms with Crippen LogP contribution in [0.15, 0.2) is 0 Å². The molecule has 2 atom stereocenters. The summed E-state index contributed by atoms with van der Waals surface area (Å²) in [4.78, 5) is 24.0. The molecule has 84 valence electrons. The van der Waals surface area contributed by atoms with Crippen molar-refractivity contribution in [2.75, 3.05) is 24.7 Å². The van der Waals surface area contributed by atoms with Crippen LogP contribution in [0, 0.1) is 0 Å². The second-order valence-corrected chi connectivity index (χ2v) is 4.85. The van der Waals surface area contributed by atoms with Gasteiger partial charge in [0.15, 0.2) is 6.10 Å². The number of hydrogen-bond donors (Lipinski definition) is 1. The maximum Gasteiger partial charge on any atom is 0.334 e. The highest BCUT2D eigenvalue weighted by Crippen LogP contribution is 2.24. The molecule has 0 aromatic heterocycles. The van der Waals surface area contributed by atoms with Crippen molar-refractivity contribution in [2.45, 2.75) is 18.6 Å². The number of aliphatic carboxylic acids is 1. The van der Waals surface area contributed by atoms with Crippen LogP contribution in [0.4, 0.5) is 0 Å². The van der Waals surface area contributed by atoms with Crippen molar-refractivity contribution < 1.29 is 19.4 Å². The number of thioether (sulfide) groups is 1. The molecule has 0 radical (unpaired) electrons. The summed E-state index contributed by atoms with van der Waals surface area (Å²) in [5.41, 5.74) is 0. The van der Waals surface area contributed by atoms with E-state index in [1.54, 1.807) is 16.7 Å². The van der Waals surface area contributed by atoms with Crippen LogP contribution in [0.3, 0.4) is 0 Å². The number of carbonyl (C=O) groups is 2. The van der Waals surface area contributed by atoms with Gasteiger partial charge in [-0.3, -0.25) is 4.79 Å². The van der Waals surface area contributed by atoms with Crippen LogP contribution in [-0.4, -0.2) is 58.7 Å². The molecule has 0 bridgehead atoms. The first-order valence-corrected chi connectivity index (χ1v) is 6.05. The van der Waals surface area contributed by atoms with Crippen LogP contribution >= 0.6 is 11.8 Å². The molecular formula is C9H13NO4S. The third-order valence-corrected chi connectivity index (χ3v) is 3.86. The zero-order valence-corrected chi connectivity index (χ0v) is 9.03. The lowest BCUT2D eigenvalue weighted by Crippen LogP contribution is -2.53. The molecule has 2 saturated heterocycles. The molecule has 2 fully saturated rings. The molecule has 6 heteroatoms. The maximum atomic E-state index is 11.5. The van der Waals surface area contributed by atoms with Gasteiger partial charge in [-0.25, -0.2) is 4.79 Å². The van der Waals surface area contributed by atoms with Crippen LogP contribution in [0.2, 0.25) is 0 Å². The third kappa shape index (κ3) is 2.26. The fourth-order valence-electron chi connectivity index (χ4n) is 1.86. The Hall–Kier alpha value is -0.750. The first-order chi connectivity index (χ1) is 7.18. The lowest BCUT2D eigenvalue weighted by Gasteiger charge is -2.34. The highest BCUT2D eigenvalue weighted by Gasteiger charge is 2.35. The molecular weight excluding hydrogens is 218 g/mol. The van der Waals surface area contributed by atoms with Gasteiger partial charge in [0.2, 0.25) is 5.91 Å². The van der Waals surface area contributed by atoms with Crippen molar-refractivity contribution in [3.05, 3.63) is 0 Å². The van der Waals surface area contributed by atoms with E-state index in [9.17, 15) is 9.59 Å².